The number of piperazine rings is 1. The van der Waals surface area contributed by atoms with Gasteiger partial charge in [0.1, 0.15) is 0 Å². The van der Waals surface area contributed by atoms with Crippen molar-refractivity contribution in [3.05, 3.63) is 65.2 Å². The largest absolute Gasteiger partial charge is 0.369 e. The van der Waals surface area contributed by atoms with Crippen LogP contribution in [-0.4, -0.2) is 43.0 Å². The molecule has 0 spiro atoms. The van der Waals surface area contributed by atoms with Gasteiger partial charge in [0.2, 0.25) is 5.91 Å². The van der Waals surface area contributed by atoms with E-state index in [1.54, 1.807) is 0 Å². The molecule has 1 aliphatic rings. The Kier molecular flexibility index (Phi) is 6.17. The second-order valence-electron chi connectivity index (χ2n) is 7.61. The van der Waals surface area contributed by atoms with Gasteiger partial charge >= 0.3 is 0 Å². The molecule has 1 saturated heterocycles. The van der Waals surface area contributed by atoms with E-state index >= 15 is 0 Å². The molecule has 0 radical (unpaired) electrons. The molecule has 0 bridgehead atoms. The minimum absolute atomic E-state index is 0.0259. The van der Waals surface area contributed by atoms with E-state index in [0.717, 1.165) is 31.7 Å². The van der Waals surface area contributed by atoms with Gasteiger partial charge in [-0.05, 0) is 56.5 Å². The fraction of sp³-hybridized carbons (Fsp3) is 0.435. The Balaban J connectivity index is 1.53. The predicted octanol–water partition coefficient (Wildman–Crippen LogP) is 3.69. The van der Waals surface area contributed by atoms with Crippen molar-refractivity contribution in [2.45, 2.75) is 39.8 Å². The van der Waals surface area contributed by atoms with Crippen LogP contribution in [0.3, 0.4) is 0 Å². The van der Waals surface area contributed by atoms with E-state index in [4.69, 9.17) is 0 Å². The summed E-state index contributed by atoms with van der Waals surface area (Å²) in [6, 6.07) is 16.7. The van der Waals surface area contributed by atoms with Crippen molar-refractivity contribution in [3.8, 4) is 0 Å². The summed E-state index contributed by atoms with van der Waals surface area (Å²) in [5.41, 5.74) is 5.08. The Morgan fingerprint density at radius 2 is 1.59 bits per heavy atom. The summed E-state index contributed by atoms with van der Waals surface area (Å²) in [6.07, 6.45) is 0. The summed E-state index contributed by atoms with van der Waals surface area (Å²) in [7, 11) is 0. The van der Waals surface area contributed by atoms with Crippen LogP contribution in [0.4, 0.5) is 5.69 Å². The lowest BCUT2D eigenvalue weighted by atomic mass is 10.1. The van der Waals surface area contributed by atoms with Gasteiger partial charge < -0.3 is 10.2 Å². The summed E-state index contributed by atoms with van der Waals surface area (Å²) in [5.74, 6) is 0.103. The topological polar surface area (TPSA) is 35.6 Å². The molecule has 27 heavy (non-hydrogen) atoms. The Bertz CT molecular complexity index is 766. The average Bonchev–Trinajstić information content (AvgIpc) is 2.70. The van der Waals surface area contributed by atoms with Gasteiger partial charge in [-0.1, -0.05) is 36.4 Å². The first-order valence-electron chi connectivity index (χ1n) is 9.87. The lowest BCUT2D eigenvalue weighted by Gasteiger charge is -2.39. The highest BCUT2D eigenvalue weighted by molar-refractivity contribution is 5.81. The van der Waals surface area contributed by atoms with Crippen LogP contribution >= 0.6 is 0 Å². The van der Waals surface area contributed by atoms with Crippen LogP contribution < -0.4 is 10.2 Å². The maximum absolute atomic E-state index is 12.7. The van der Waals surface area contributed by atoms with Crippen molar-refractivity contribution in [1.82, 2.24) is 10.2 Å². The molecule has 1 aliphatic heterocycles. The Labute approximate surface area is 163 Å². The van der Waals surface area contributed by atoms with E-state index in [2.05, 4.69) is 59.3 Å². The van der Waals surface area contributed by atoms with Crippen LogP contribution in [0.25, 0.3) is 0 Å². The number of hydrogen-bond donors (Lipinski definition) is 1. The molecule has 1 N–H and O–H groups in total. The van der Waals surface area contributed by atoms with Crippen molar-refractivity contribution in [1.29, 1.82) is 0 Å². The molecule has 0 aliphatic carbocycles. The minimum atomic E-state index is -0.113. The fourth-order valence-corrected chi connectivity index (χ4v) is 3.61. The van der Waals surface area contributed by atoms with Gasteiger partial charge in [-0.2, -0.15) is 0 Å². The zero-order valence-corrected chi connectivity index (χ0v) is 16.9. The number of benzene rings is 2. The molecule has 0 saturated carbocycles. The lowest BCUT2D eigenvalue weighted by Crippen LogP contribution is -2.54. The Morgan fingerprint density at radius 1 is 0.926 bits per heavy atom. The molecule has 4 heteroatoms. The highest BCUT2D eigenvalue weighted by atomic mass is 16.2. The maximum Gasteiger partial charge on any atom is 0.237 e. The van der Waals surface area contributed by atoms with Gasteiger partial charge in [0.25, 0.3) is 0 Å². The molecule has 144 valence electrons. The number of hydrogen-bond acceptors (Lipinski definition) is 3. The molecular weight excluding hydrogens is 334 g/mol. The van der Waals surface area contributed by atoms with Gasteiger partial charge in [-0.3, -0.25) is 9.69 Å². The fourth-order valence-electron chi connectivity index (χ4n) is 3.61. The van der Waals surface area contributed by atoms with E-state index in [9.17, 15) is 4.79 Å². The number of carbonyl (C=O) groups excluding carboxylic acids is 1. The molecule has 1 fully saturated rings. The third kappa shape index (κ3) is 4.69. The van der Waals surface area contributed by atoms with Crippen LogP contribution in [-0.2, 0) is 4.79 Å². The number of rotatable bonds is 5. The van der Waals surface area contributed by atoms with Gasteiger partial charge in [0, 0.05) is 31.9 Å². The van der Waals surface area contributed by atoms with Crippen LogP contribution in [0.1, 0.15) is 36.6 Å². The zero-order valence-electron chi connectivity index (χ0n) is 16.9. The number of nitrogens with one attached hydrogen (secondary N) is 1. The van der Waals surface area contributed by atoms with Crippen molar-refractivity contribution < 1.29 is 4.79 Å². The molecule has 0 aromatic heterocycles. The van der Waals surface area contributed by atoms with Crippen LogP contribution in [0.5, 0.6) is 0 Å². The number of anilines is 1. The predicted molar refractivity (Wildman–Crippen MR) is 112 cm³/mol. The van der Waals surface area contributed by atoms with Gasteiger partial charge in [-0.25, -0.2) is 0 Å². The minimum Gasteiger partial charge on any atom is -0.369 e. The number of nitrogens with zero attached hydrogens (tertiary/aromatic N) is 2. The molecule has 2 aromatic rings. The summed E-state index contributed by atoms with van der Waals surface area (Å²) in [5, 5.41) is 3.16. The van der Waals surface area contributed by atoms with Gasteiger partial charge in [0.05, 0.1) is 12.1 Å². The first-order valence-corrected chi connectivity index (χ1v) is 9.87. The third-order valence-corrected chi connectivity index (χ3v) is 5.76. The van der Waals surface area contributed by atoms with Crippen molar-refractivity contribution in [3.63, 3.8) is 0 Å². The molecule has 0 unspecified atom stereocenters. The highest BCUT2D eigenvalue weighted by Gasteiger charge is 2.26. The Hall–Kier alpha value is -2.33. The number of aryl methyl sites for hydroxylation is 2. The summed E-state index contributed by atoms with van der Waals surface area (Å²) in [6.45, 7) is 12.1. The zero-order chi connectivity index (χ0) is 19.4. The SMILES string of the molecule is Cc1ccc(N2CCN([C@H](C)C(=O)N[C@H](C)c3ccccc3)CC2)cc1C. The molecule has 1 heterocycles. The van der Waals surface area contributed by atoms with Crippen LogP contribution in [0.2, 0.25) is 0 Å². The van der Waals surface area contributed by atoms with E-state index in [1.165, 1.54) is 16.8 Å². The second-order valence-corrected chi connectivity index (χ2v) is 7.61. The Morgan fingerprint density at radius 3 is 2.22 bits per heavy atom. The standard InChI is InChI=1S/C23H31N3O/c1-17-10-11-22(16-18(17)2)26-14-12-25(13-15-26)20(4)23(27)24-19(3)21-8-6-5-7-9-21/h5-11,16,19-20H,12-15H2,1-4H3,(H,24,27)/t19-,20-/m1/s1. The van der Waals surface area contributed by atoms with E-state index in [0.29, 0.717) is 0 Å². The lowest BCUT2D eigenvalue weighted by molar-refractivity contribution is -0.126. The van der Waals surface area contributed by atoms with Crippen LogP contribution in [0.15, 0.2) is 48.5 Å². The van der Waals surface area contributed by atoms with Gasteiger partial charge in [-0.15, -0.1) is 0 Å². The van der Waals surface area contributed by atoms with Crippen LogP contribution in [0, 0.1) is 13.8 Å². The molecule has 2 atom stereocenters. The highest BCUT2D eigenvalue weighted by Crippen LogP contribution is 2.21. The molecule has 1 amide bonds. The molecule has 2 aromatic carbocycles. The second kappa shape index (κ2) is 8.57. The maximum atomic E-state index is 12.7. The smallest absolute Gasteiger partial charge is 0.237 e. The van der Waals surface area contributed by atoms with Crippen molar-refractivity contribution in [2.24, 2.45) is 0 Å². The normalized spacial score (nSPS) is 17.4. The number of amides is 1. The molecular formula is C23H31N3O. The summed E-state index contributed by atoms with van der Waals surface area (Å²) < 4.78 is 0. The van der Waals surface area contributed by atoms with Crippen molar-refractivity contribution in [2.75, 3.05) is 31.1 Å². The quantitative estimate of drug-likeness (QED) is 0.878. The van der Waals surface area contributed by atoms with E-state index in [1.807, 2.05) is 32.0 Å². The number of carbonyl (C=O) groups is 1. The molecule has 4 nitrogen and oxygen atoms in total. The monoisotopic (exact) mass is 365 g/mol. The average molecular weight is 366 g/mol. The summed E-state index contributed by atoms with van der Waals surface area (Å²) >= 11 is 0. The molecule has 3 rings (SSSR count). The first-order chi connectivity index (χ1) is 13.0. The van der Waals surface area contributed by atoms with Crippen molar-refractivity contribution >= 4 is 11.6 Å². The summed E-state index contributed by atoms with van der Waals surface area (Å²) in [4.78, 5) is 17.4. The van der Waals surface area contributed by atoms with E-state index in [-0.39, 0.29) is 18.0 Å². The first kappa shape index (κ1) is 19.4. The van der Waals surface area contributed by atoms with Gasteiger partial charge in [0.15, 0.2) is 0 Å². The third-order valence-electron chi connectivity index (χ3n) is 5.76. The van der Waals surface area contributed by atoms with E-state index < -0.39 is 0 Å².